The smallest absolute Gasteiger partial charge is 0.288 e. The number of aliphatic imine (C=N–C) groups is 1. The van der Waals surface area contributed by atoms with Gasteiger partial charge in [-0.25, -0.2) is 4.99 Å². The van der Waals surface area contributed by atoms with Crippen molar-refractivity contribution in [1.29, 1.82) is 5.26 Å². The summed E-state index contributed by atoms with van der Waals surface area (Å²) in [5.74, 6) is 0.220. The Morgan fingerprint density at radius 2 is 2.08 bits per heavy atom. The Labute approximate surface area is 147 Å². The van der Waals surface area contributed by atoms with Crippen molar-refractivity contribution in [3.05, 3.63) is 69.4 Å². The lowest BCUT2D eigenvalue weighted by molar-refractivity contribution is -0.113. The molecule has 0 atom stereocenters. The fourth-order valence-electron chi connectivity index (χ4n) is 3.45. The molecule has 0 saturated carbocycles. The zero-order valence-corrected chi connectivity index (χ0v) is 13.8. The van der Waals surface area contributed by atoms with Gasteiger partial charge in [-0.2, -0.15) is 5.26 Å². The molecule has 25 heavy (non-hydrogen) atoms. The third-order valence-corrected chi connectivity index (χ3v) is 5.34. The van der Waals surface area contributed by atoms with Crippen LogP contribution >= 0.6 is 11.3 Å². The highest BCUT2D eigenvalue weighted by Crippen LogP contribution is 2.46. The number of allylic oxidation sites excluding steroid dienone is 1. The van der Waals surface area contributed by atoms with E-state index in [9.17, 15) is 10.1 Å². The molecule has 5 rings (SSSR count). The lowest BCUT2D eigenvalue weighted by atomic mass is 10.0. The first kappa shape index (κ1) is 14.1. The first-order chi connectivity index (χ1) is 12.3. The van der Waals surface area contributed by atoms with Crippen LogP contribution < -0.4 is 4.74 Å². The molecule has 0 bridgehead atoms. The number of nitrogens with zero attached hydrogens (tertiary/aromatic N) is 2. The molecule has 0 unspecified atom stereocenters. The van der Waals surface area contributed by atoms with Gasteiger partial charge in [-0.3, -0.25) is 4.79 Å². The van der Waals surface area contributed by atoms with E-state index in [1.54, 1.807) is 11.3 Å². The van der Waals surface area contributed by atoms with Gasteiger partial charge < -0.3 is 4.74 Å². The van der Waals surface area contributed by atoms with Crippen molar-refractivity contribution >= 4 is 39.3 Å². The summed E-state index contributed by atoms with van der Waals surface area (Å²) >= 11 is 1.63. The molecule has 5 heteroatoms. The molecule has 0 fully saturated rings. The van der Waals surface area contributed by atoms with Crippen LogP contribution in [0.3, 0.4) is 0 Å². The van der Waals surface area contributed by atoms with Crippen molar-refractivity contribution in [3.63, 3.8) is 0 Å². The Bertz CT molecular complexity index is 1160. The van der Waals surface area contributed by atoms with Crippen molar-refractivity contribution < 1.29 is 9.53 Å². The molecule has 2 heterocycles. The van der Waals surface area contributed by atoms with Crippen LogP contribution in [0.25, 0.3) is 16.3 Å². The number of ether oxygens (including phenoxy) is 1. The zero-order valence-electron chi connectivity index (χ0n) is 12.9. The zero-order chi connectivity index (χ0) is 17.0. The second-order valence-electron chi connectivity index (χ2n) is 5.84. The van der Waals surface area contributed by atoms with E-state index in [-0.39, 0.29) is 5.57 Å². The van der Waals surface area contributed by atoms with Crippen molar-refractivity contribution in [1.82, 2.24) is 0 Å². The second-order valence-corrected chi connectivity index (χ2v) is 6.87. The van der Waals surface area contributed by atoms with Gasteiger partial charge in [-0.05, 0) is 28.5 Å². The molecule has 2 aliphatic rings. The largest absolute Gasteiger partial charge is 0.487 e. The Morgan fingerprint density at radius 1 is 1.16 bits per heavy atom. The van der Waals surface area contributed by atoms with Crippen LogP contribution in [0, 0.1) is 11.3 Å². The van der Waals surface area contributed by atoms with E-state index in [1.165, 1.54) is 0 Å². The number of carbonyl (C=O) groups excluding carboxylic acids is 1. The Hall–Kier alpha value is -3.23. The molecular formula is C20H10N2O2S. The lowest BCUT2D eigenvalue weighted by Crippen LogP contribution is -2.01. The predicted octanol–water partition coefficient (Wildman–Crippen LogP) is 4.10. The van der Waals surface area contributed by atoms with Crippen molar-refractivity contribution in [3.8, 4) is 11.8 Å². The van der Waals surface area contributed by atoms with Crippen LogP contribution in [-0.2, 0) is 11.4 Å². The van der Waals surface area contributed by atoms with Crippen molar-refractivity contribution in [2.24, 2.45) is 4.99 Å². The summed E-state index contributed by atoms with van der Waals surface area (Å²) in [5.41, 5.74) is 3.02. The average molecular weight is 342 g/mol. The van der Waals surface area contributed by atoms with Crippen LogP contribution in [0.4, 0.5) is 0 Å². The number of benzene rings is 2. The molecule has 1 aliphatic heterocycles. The summed E-state index contributed by atoms with van der Waals surface area (Å²) in [4.78, 5) is 17.4. The summed E-state index contributed by atoms with van der Waals surface area (Å²) in [5, 5.41) is 13.4. The molecule has 4 nitrogen and oxygen atoms in total. The van der Waals surface area contributed by atoms with E-state index in [2.05, 4.69) is 4.99 Å². The normalized spacial score (nSPS) is 14.7. The number of hydrogen-bond acceptors (Lipinski definition) is 4. The molecule has 0 spiro atoms. The summed E-state index contributed by atoms with van der Waals surface area (Å²) in [6, 6.07) is 15.8. The minimum absolute atomic E-state index is 0.114. The monoisotopic (exact) mass is 342 g/mol. The third-order valence-electron chi connectivity index (χ3n) is 4.49. The van der Waals surface area contributed by atoms with Gasteiger partial charge in [-0.1, -0.05) is 30.3 Å². The SMILES string of the molecule is N#CC1=C2C(=NC1=O)c1c(OCc3cccs3)ccc3cccc2c13. The Morgan fingerprint density at radius 3 is 2.88 bits per heavy atom. The molecule has 2 aromatic carbocycles. The maximum Gasteiger partial charge on any atom is 0.288 e. The van der Waals surface area contributed by atoms with E-state index >= 15 is 0 Å². The Kier molecular flexibility index (Phi) is 2.90. The van der Waals surface area contributed by atoms with Gasteiger partial charge in [-0.15, -0.1) is 11.3 Å². The van der Waals surface area contributed by atoms with E-state index in [0.29, 0.717) is 23.6 Å². The van der Waals surface area contributed by atoms with Gasteiger partial charge in [0.25, 0.3) is 5.91 Å². The summed E-state index contributed by atoms with van der Waals surface area (Å²) in [6.45, 7) is 0.462. The first-order valence-electron chi connectivity index (χ1n) is 7.77. The number of thiophene rings is 1. The topological polar surface area (TPSA) is 62.5 Å². The fraction of sp³-hybridized carbons (Fsp3) is 0.0500. The van der Waals surface area contributed by atoms with Gasteiger partial charge >= 0.3 is 0 Å². The maximum absolute atomic E-state index is 12.1. The number of nitriles is 1. The van der Waals surface area contributed by atoms with Crippen LogP contribution in [-0.4, -0.2) is 11.6 Å². The van der Waals surface area contributed by atoms with Gasteiger partial charge in [0.2, 0.25) is 0 Å². The van der Waals surface area contributed by atoms with E-state index in [4.69, 9.17) is 4.74 Å². The highest BCUT2D eigenvalue weighted by Gasteiger charge is 2.37. The minimum Gasteiger partial charge on any atom is -0.487 e. The summed E-state index contributed by atoms with van der Waals surface area (Å²) < 4.78 is 6.04. The average Bonchev–Trinajstić information content (AvgIpc) is 3.32. The van der Waals surface area contributed by atoms with Gasteiger partial charge in [0.05, 0.1) is 11.3 Å². The molecule has 0 N–H and O–H groups in total. The van der Waals surface area contributed by atoms with Crippen LogP contribution in [0.2, 0.25) is 0 Å². The third kappa shape index (κ3) is 1.92. The number of hydrogen-bond donors (Lipinski definition) is 0. The van der Waals surface area contributed by atoms with Crippen molar-refractivity contribution in [2.75, 3.05) is 0 Å². The minimum atomic E-state index is -0.469. The maximum atomic E-state index is 12.1. The molecule has 0 saturated heterocycles. The highest BCUT2D eigenvalue weighted by molar-refractivity contribution is 7.09. The highest BCUT2D eigenvalue weighted by atomic mass is 32.1. The first-order valence-corrected chi connectivity index (χ1v) is 8.65. The number of carbonyl (C=O) groups is 1. The van der Waals surface area contributed by atoms with Gasteiger partial charge in [0, 0.05) is 15.8 Å². The van der Waals surface area contributed by atoms with E-state index in [1.807, 2.05) is 53.9 Å². The summed E-state index contributed by atoms with van der Waals surface area (Å²) in [7, 11) is 0. The standard InChI is InChI=1S/C20H10N2O2S/c21-9-14-17-13-5-1-3-11-6-7-15(24-10-12-4-2-8-25-12)18(16(11)13)19(17)22-20(14)23/h1-8H,10H2. The molecule has 1 aliphatic carbocycles. The molecule has 1 aromatic heterocycles. The van der Waals surface area contributed by atoms with Crippen LogP contribution in [0.15, 0.2) is 58.4 Å². The van der Waals surface area contributed by atoms with Gasteiger partial charge in [0.15, 0.2) is 0 Å². The molecule has 0 radical (unpaired) electrons. The van der Waals surface area contributed by atoms with Gasteiger partial charge in [0.1, 0.15) is 24.0 Å². The molecule has 3 aromatic rings. The van der Waals surface area contributed by atoms with Crippen molar-refractivity contribution in [2.45, 2.75) is 6.61 Å². The predicted molar refractivity (Wildman–Crippen MR) is 96.7 cm³/mol. The summed E-state index contributed by atoms with van der Waals surface area (Å²) in [6.07, 6.45) is 0. The number of amides is 1. The fourth-order valence-corrected chi connectivity index (χ4v) is 4.07. The van der Waals surface area contributed by atoms with Crippen LogP contribution in [0.1, 0.15) is 16.0 Å². The molecule has 1 amide bonds. The van der Waals surface area contributed by atoms with E-state index in [0.717, 1.165) is 26.8 Å². The number of rotatable bonds is 3. The molecular weight excluding hydrogens is 332 g/mol. The lowest BCUT2D eigenvalue weighted by Gasteiger charge is -2.10. The Balaban J connectivity index is 1.73. The van der Waals surface area contributed by atoms with E-state index < -0.39 is 5.91 Å². The quantitative estimate of drug-likeness (QED) is 0.720. The molecule has 118 valence electrons. The van der Waals surface area contributed by atoms with Crippen LogP contribution in [0.5, 0.6) is 5.75 Å². The second kappa shape index (κ2) is 5.13. The number of fused-ring (bicyclic) bond motifs is 3.